The van der Waals surface area contributed by atoms with Crippen LogP contribution in [-0.2, 0) is 13.1 Å². The maximum Gasteiger partial charge on any atom is 0.270 e. The van der Waals surface area contributed by atoms with Gasteiger partial charge in [-0.3, -0.25) is 15.0 Å². The molecule has 0 N–H and O–H groups in total. The van der Waals surface area contributed by atoms with Gasteiger partial charge < -0.3 is 9.30 Å². The van der Waals surface area contributed by atoms with Crippen molar-refractivity contribution in [1.29, 1.82) is 0 Å². The van der Waals surface area contributed by atoms with E-state index in [4.69, 9.17) is 16.3 Å². The van der Waals surface area contributed by atoms with Crippen molar-refractivity contribution in [2.24, 2.45) is 0 Å². The second-order valence-corrected chi connectivity index (χ2v) is 7.53. The van der Waals surface area contributed by atoms with Crippen LogP contribution in [0.25, 0.3) is 0 Å². The zero-order valence-corrected chi connectivity index (χ0v) is 16.9. The van der Waals surface area contributed by atoms with Crippen LogP contribution in [0.4, 0.5) is 5.69 Å². The number of nitro groups is 1. The summed E-state index contributed by atoms with van der Waals surface area (Å²) in [4.78, 5) is 13.2. The van der Waals surface area contributed by atoms with Gasteiger partial charge in [-0.1, -0.05) is 29.8 Å². The first-order chi connectivity index (χ1) is 14.1. The monoisotopic (exact) mass is 411 g/mol. The molecule has 2 aromatic carbocycles. The van der Waals surface area contributed by atoms with Crippen molar-refractivity contribution in [2.75, 3.05) is 13.7 Å². The topological polar surface area (TPSA) is 60.5 Å². The van der Waals surface area contributed by atoms with Crippen molar-refractivity contribution in [1.82, 2.24) is 9.47 Å². The van der Waals surface area contributed by atoms with Crippen molar-refractivity contribution in [3.63, 3.8) is 0 Å². The molecule has 6 nitrogen and oxygen atoms in total. The summed E-state index contributed by atoms with van der Waals surface area (Å²) in [6.45, 7) is 2.28. The van der Waals surface area contributed by atoms with Gasteiger partial charge in [0, 0.05) is 54.2 Å². The lowest BCUT2D eigenvalue weighted by Crippen LogP contribution is -2.30. The Labute approximate surface area is 174 Å². The van der Waals surface area contributed by atoms with Gasteiger partial charge in [0.05, 0.1) is 18.1 Å². The Balaban J connectivity index is 1.79. The first kappa shape index (κ1) is 19.5. The Morgan fingerprint density at radius 2 is 2.00 bits per heavy atom. The Morgan fingerprint density at radius 3 is 2.76 bits per heavy atom. The molecule has 0 aliphatic carbocycles. The number of fused-ring (bicyclic) bond motifs is 1. The molecular weight excluding hydrogens is 390 g/mol. The minimum atomic E-state index is -0.373. The fourth-order valence-electron chi connectivity index (χ4n) is 4.08. The lowest BCUT2D eigenvalue weighted by Gasteiger charge is -2.31. The molecule has 1 atom stereocenters. The summed E-state index contributed by atoms with van der Waals surface area (Å²) in [5.74, 6) is 0.646. The van der Waals surface area contributed by atoms with E-state index in [1.807, 2.05) is 24.3 Å². The van der Waals surface area contributed by atoms with Crippen LogP contribution in [0.5, 0.6) is 5.75 Å². The molecule has 1 aliphatic heterocycles. The van der Waals surface area contributed by atoms with E-state index in [0.29, 0.717) is 17.3 Å². The summed E-state index contributed by atoms with van der Waals surface area (Å²) >= 11 is 6.59. The molecule has 0 fully saturated rings. The first-order valence-corrected chi connectivity index (χ1v) is 9.91. The zero-order chi connectivity index (χ0) is 20.4. The van der Waals surface area contributed by atoms with Gasteiger partial charge in [0.2, 0.25) is 0 Å². The van der Waals surface area contributed by atoms with Gasteiger partial charge in [-0.05, 0) is 36.2 Å². The maximum absolute atomic E-state index is 11.3. The quantitative estimate of drug-likeness (QED) is 0.435. The number of methoxy groups -OCH3 is 1. The molecule has 1 aliphatic rings. The standard InChI is InChI=1S/C22H22ClN3O3/c1-29-21-10-9-17(26(27)28)14-16(21)15-25-13-5-12-24-11-4-8-20(24)22(25)18-6-2-3-7-19(18)23/h2-4,6-11,14,22H,5,12-13,15H2,1H3. The number of hydrogen-bond acceptors (Lipinski definition) is 4. The summed E-state index contributed by atoms with van der Waals surface area (Å²) < 4.78 is 7.75. The molecule has 1 aromatic heterocycles. The third-order valence-electron chi connectivity index (χ3n) is 5.40. The second kappa shape index (κ2) is 8.27. The number of rotatable bonds is 5. The zero-order valence-electron chi connectivity index (χ0n) is 16.1. The lowest BCUT2D eigenvalue weighted by atomic mass is 10.0. The second-order valence-electron chi connectivity index (χ2n) is 7.13. The number of nitrogens with zero attached hydrogens (tertiary/aromatic N) is 3. The molecule has 0 spiro atoms. The van der Waals surface area contributed by atoms with Gasteiger partial charge in [-0.2, -0.15) is 0 Å². The number of aromatic nitrogens is 1. The number of halogens is 1. The predicted molar refractivity (Wildman–Crippen MR) is 112 cm³/mol. The molecule has 0 saturated carbocycles. The van der Waals surface area contributed by atoms with Gasteiger partial charge >= 0.3 is 0 Å². The fraction of sp³-hybridized carbons (Fsp3) is 0.273. The Kier molecular flexibility index (Phi) is 5.56. The molecule has 0 amide bonds. The Morgan fingerprint density at radius 1 is 1.17 bits per heavy atom. The summed E-state index contributed by atoms with van der Waals surface area (Å²) in [7, 11) is 1.59. The summed E-state index contributed by atoms with van der Waals surface area (Å²) in [6.07, 6.45) is 3.07. The highest BCUT2D eigenvalue weighted by Gasteiger charge is 2.29. The van der Waals surface area contributed by atoms with E-state index >= 15 is 0 Å². The Bertz CT molecular complexity index is 1030. The average Bonchev–Trinajstić information content (AvgIpc) is 3.10. The van der Waals surface area contributed by atoms with Crippen molar-refractivity contribution in [3.8, 4) is 5.75 Å². The average molecular weight is 412 g/mol. The largest absolute Gasteiger partial charge is 0.496 e. The van der Waals surface area contributed by atoms with Crippen molar-refractivity contribution in [2.45, 2.75) is 25.6 Å². The van der Waals surface area contributed by atoms with E-state index in [2.05, 4.69) is 27.8 Å². The minimum Gasteiger partial charge on any atom is -0.496 e. The van der Waals surface area contributed by atoms with E-state index in [-0.39, 0.29) is 16.7 Å². The van der Waals surface area contributed by atoms with Crippen LogP contribution in [0.3, 0.4) is 0 Å². The predicted octanol–water partition coefficient (Wildman–Crippen LogP) is 5.05. The molecule has 4 rings (SSSR count). The molecule has 29 heavy (non-hydrogen) atoms. The van der Waals surface area contributed by atoms with Gasteiger partial charge in [-0.25, -0.2) is 0 Å². The fourth-order valence-corrected chi connectivity index (χ4v) is 4.32. The number of aryl methyl sites for hydroxylation is 1. The third kappa shape index (κ3) is 3.86. The van der Waals surface area contributed by atoms with Crippen LogP contribution in [0, 0.1) is 10.1 Å². The molecule has 3 aromatic rings. The highest BCUT2D eigenvalue weighted by Crippen LogP contribution is 2.37. The highest BCUT2D eigenvalue weighted by atomic mass is 35.5. The van der Waals surface area contributed by atoms with Crippen molar-refractivity contribution in [3.05, 3.63) is 92.8 Å². The van der Waals surface area contributed by atoms with E-state index in [9.17, 15) is 10.1 Å². The number of benzene rings is 2. The molecule has 0 radical (unpaired) electrons. The normalized spacial score (nSPS) is 16.8. The third-order valence-corrected chi connectivity index (χ3v) is 5.75. The SMILES string of the molecule is COc1ccc([N+](=O)[O-])cc1CN1CCCn2cccc2C1c1ccccc1Cl. The van der Waals surface area contributed by atoms with Crippen LogP contribution < -0.4 is 4.74 Å². The molecule has 0 bridgehead atoms. The van der Waals surface area contributed by atoms with Crippen LogP contribution in [-0.4, -0.2) is 28.0 Å². The summed E-state index contributed by atoms with van der Waals surface area (Å²) in [6, 6.07) is 16.7. The van der Waals surface area contributed by atoms with Crippen LogP contribution >= 0.6 is 11.6 Å². The Hall–Kier alpha value is -2.83. The summed E-state index contributed by atoms with van der Waals surface area (Å²) in [5.41, 5.74) is 3.05. The molecule has 150 valence electrons. The summed E-state index contributed by atoms with van der Waals surface area (Å²) in [5, 5.41) is 12.0. The van der Waals surface area contributed by atoms with Crippen molar-refractivity contribution < 1.29 is 9.66 Å². The molecule has 1 unspecified atom stereocenters. The number of nitro benzene ring substituents is 1. The molecule has 0 saturated heterocycles. The van der Waals surface area contributed by atoms with Crippen LogP contribution in [0.1, 0.15) is 29.3 Å². The van der Waals surface area contributed by atoms with Crippen molar-refractivity contribution >= 4 is 17.3 Å². The van der Waals surface area contributed by atoms with Gasteiger partial charge in [0.25, 0.3) is 5.69 Å². The molecular formula is C22H22ClN3O3. The van der Waals surface area contributed by atoms with Gasteiger partial charge in [0.15, 0.2) is 0 Å². The van der Waals surface area contributed by atoms with E-state index in [0.717, 1.165) is 30.6 Å². The minimum absolute atomic E-state index is 0.0508. The van der Waals surface area contributed by atoms with Gasteiger partial charge in [-0.15, -0.1) is 0 Å². The maximum atomic E-state index is 11.3. The van der Waals surface area contributed by atoms with E-state index in [1.54, 1.807) is 19.2 Å². The van der Waals surface area contributed by atoms with Gasteiger partial charge in [0.1, 0.15) is 5.75 Å². The van der Waals surface area contributed by atoms with E-state index in [1.165, 1.54) is 11.8 Å². The van der Waals surface area contributed by atoms with E-state index < -0.39 is 0 Å². The lowest BCUT2D eigenvalue weighted by molar-refractivity contribution is -0.385. The first-order valence-electron chi connectivity index (χ1n) is 9.53. The molecule has 2 heterocycles. The molecule has 7 heteroatoms. The van der Waals surface area contributed by atoms with Crippen LogP contribution in [0.2, 0.25) is 5.02 Å². The smallest absolute Gasteiger partial charge is 0.270 e. The highest BCUT2D eigenvalue weighted by molar-refractivity contribution is 6.31. The van der Waals surface area contributed by atoms with Crippen LogP contribution in [0.15, 0.2) is 60.8 Å². The number of non-ortho nitro benzene ring substituents is 1. The number of ether oxygens (including phenoxy) is 1. The number of hydrogen-bond donors (Lipinski definition) is 0.